The molecule has 0 aliphatic carbocycles. The van der Waals surface area contributed by atoms with Gasteiger partial charge in [-0.1, -0.05) is 23.2 Å². The molecule has 1 amide bonds. The third-order valence-corrected chi connectivity index (χ3v) is 3.82. The van der Waals surface area contributed by atoms with Crippen LogP contribution in [0.2, 0.25) is 10.2 Å². The number of hydrogen-bond acceptors (Lipinski definition) is 2. The number of hydrogen-bond donors (Lipinski definition) is 3. The molecule has 0 spiro atoms. The predicted molar refractivity (Wildman–Crippen MR) is 79.9 cm³/mol. The van der Waals surface area contributed by atoms with Crippen molar-refractivity contribution in [1.82, 2.24) is 4.98 Å². The van der Waals surface area contributed by atoms with Crippen molar-refractivity contribution in [3.63, 3.8) is 0 Å². The smallest absolute Gasteiger partial charge is 0.335 e. The summed E-state index contributed by atoms with van der Waals surface area (Å²) in [7, 11) is 0. The van der Waals surface area contributed by atoms with Gasteiger partial charge in [0.15, 0.2) is 0 Å². The van der Waals surface area contributed by atoms with E-state index in [1.54, 1.807) is 0 Å². The van der Waals surface area contributed by atoms with Crippen LogP contribution >= 0.6 is 39.1 Å². The predicted octanol–water partition coefficient (Wildman–Crippen LogP) is 4.03. The quantitative estimate of drug-likeness (QED) is 0.754. The number of nitrogens with one attached hydrogen (secondary N) is 2. The SMILES string of the molecule is O=C(O)c1ccc(Br)c(NC(=O)c2cc(Cl)c(Cl)[nH]2)c1. The fraction of sp³-hybridized carbons (Fsp3) is 0. The molecule has 8 heteroatoms. The highest BCUT2D eigenvalue weighted by molar-refractivity contribution is 9.10. The molecule has 0 atom stereocenters. The highest BCUT2D eigenvalue weighted by atomic mass is 79.9. The summed E-state index contributed by atoms with van der Waals surface area (Å²) in [5.74, 6) is -1.57. The fourth-order valence-electron chi connectivity index (χ4n) is 1.47. The molecule has 0 unspecified atom stereocenters. The van der Waals surface area contributed by atoms with Crippen LogP contribution in [-0.2, 0) is 0 Å². The standard InChI is InChI=1S/C12H7BrCl2N2O3/c13-6-2-1-5(12(19)20)3-8(6)17-11(18)9-4-7(14)10(15)16-9/h1-4,16H,(H,17,18)(H,19,20). The number of carbonyl (C=O) groups is 2. The van der Waals surface area contributed by atoms with Crippen molar-refractivity contribution < 1.29 is 14.7 Å². The van der Waals surface area contributed by atoms with Crippen LogP contribution in [-0.4, -0.2) is 22.0 Å². The first-order valence-electron chi connectivity index (χ1n) is 5.26. The summed E-state index contributed by atoms with van der Waals surface area (Å²) in [4.78, 5) is 25.5. The van der Waals surface area contributed by atoms with Gasteiger partial charge in [0, 0.05) is 4.47 Å². The molecule has 104 valence electrons. The van der Waals surface area contributed by atoms with E-state index in [4.69, 9.17) is 28.3 Å². The van der Waals surface area contributed by atoms with Crippen LogP contribution in [0.5, 0.6) is 0 Å². The number of benzene rings is 1. The number of carbonyl (C=O) groups excluding carboxylic acids is 1. The van der Waals surface area contributed by atoms with Crippen LogP contribution in [0, 0.1) is 0 Å². The van der Waals surface area contributed by atoms with Crippen LogP contribution in [0.4, 0.5) is 5.69 Å². The van der Waals surface area contributed by atoms with Crippen molar-refractivity contribution in [1.29, 1.82) is 0 Å². The first-order chi connectivity index (χ1) is 9.38. The van der Waals surface area contributed by atoms with Gasteiger partial charge in [0.05, 0.1) is 16.3 Å². The van der Waals surface area contributed by atoms with Gasteiger partial charge >= 0.3 is 5.97 Å². The molecule has 2 aromatic rings. The molecule has 20 heavy (non-hydrogen) atoms. The first-order valence-corrected chi connectivity index (χ1v) is 6.81. The normalized spacial score (nSPS) is 10.3. The maximum absolute atomic E-state index is 12.0. The lowest BCUT2D eigenvalue weighted by Gasteiger charge is -2.07. The molecule has 3 N–H and O–H groups in total. The van der Waals surface area contributed by atoms with Gasteiger partial charge in [-0.2, -0.15) is 0 Å². The molecule has 0 saturated heterocycles. The van der Waals surface area contributed by atoms with Gasteiger partial charge in [-0.15, -0.1) is 0 Å². The molecule has 5 nitrogen and oxygen atoms in total. The number of H-pyrrole nitrogens is 1. The summed E-state index contributed by atoms with van der Waals surface area (Å²) in [6.45, 7) is 0. The third-order valence-electron chi connectivity index (χ3n) is 2.43. The summed E-state index contributed by atoms with van der Waals surface area (Å²) in [6, 6.07) is 5.68. The average Bonchev–Trinajstić information content (AvgIpc) is 2.72. The Morgan fingerprint density at radius 2 is 1.95 bits per heavy atom. The van der Waals surface area contributed by atoms with E-state index in [0.29, 0.717) is 10.2 Å². The Morgan fingerprint density at radius 1 is 1.25 bits per heavy atom. The van der Waals surface area contributed by atoms with Gasteiger partial charge in [-0.3, -0.25) is 4.79 Å². The number of aromatic carboxylic acids is 1. The summed E-state index contributed by atoms with van der Waals surface area (Å²) < 4.78 is 0.555. The van der Waals surface area contributed by atoms with E-state index in [9.17, 15) is 9.59 Å². The average molecular weight is 378 g/mol. The van der Waals surface area contributed by atoms with Crippen molar-refractivity contribution in [3.05, 3.63) is 50.2 Å². The summed E-state index contributed by atoms with van der Waals surface area (Å²) in [6.07, 6.45) is 0. The van der Waals surface area contributed by atoms with Gasteiger partial charge in [0.25, 0.3) is 5.91 Å². The number of carboxylic acids is 1. The fourth-order valence-corrected chi connectivity index (χ4v) is 2.13. The Morgan fingerprint density at radius 3 is 2.50 bits per heavy atom. The molecule has 0 bridgehead atoms. The second-order valence-corrected chi connectivity index (χ2v) is 5.44. The van der Waals surface area contributed by atoms with Crippen molar-refractivity contribution >= 4 is 56.7 Å². The van der Waals surface area contributed by atoms with Crippen molar-refractivity contribution in [2.24, 2.45) is 0 Å². The molecule has 1 heterocycles. The number of rotatable bonds is 3. The van der Waals surface area contributed by atoms with Gasteiger partial charge < -0.3 is 15.4 Å². The zero-order chi connectivity index (χ0) is 14.9. The lowest BCUT2D eigenvalue weighted by molar-refractivity contribution is 0.0696. The maximum Gasteiger partial charge on any atom is 0.335 e. The minimum Gasteiger partial charge on any atom is -0.478 e. The number of carboxylic acid groups (broad SMARTS) is 1. The Kier molecular flexibility index (Phi) is 4.37. The molecule has 2 rings (SSSR count). The van der Waals surface area contributed by atoms with E-state index in [1.165, 1.54) is 24.3 Å². The summed E-state index contributed by atoms with van der Waals surface area (Å²) >= 11 is 14.7. The second kappa shape index (κ2) is 5.87. The van der Waals surface area contributed by atoms with Crippen LogP contribution in [0.15, 0.2) is 28.7 Å². The van der Waals surface area contributed by atoms with Gasteiger partial charge in [-0.25, -0.2) is 4.79 Å². The molecular formula is C12H7BrCl2N2O3. The van der Waals surface area contributed by atoms with Crippen LogP contribution in [0.3, 0.4) is 0 Å². The molecular weight excluding hydrogens is 371 g/mol. The molecule has 0 fully saturated rings. The number of halogens is 3. The minimum atomic E-state index is -1.08. The molecule has 0 aliphatic heterocycles. The molecule has 0 saturated carbocycles. The van der Waals surface area contributed by atoms with Gasteiger partial charge in [-0.05, 0) is 40.2 Å². The maximum atomic E-state index is 12.0. The first kappa shape index (κ1) is 14.9. The van der Waals surface area contributed by atoms with Gasteiger partial charge in [0.2, 0.25) is 0 Å². The number of aromatic amines is 1. The minimum absolute atomic E-state index is 0.0612. The van der Waals surface area contributed by atoms with E-state index in [-0.39, 0.29) is 21.4 Å². The monoisotopic (exact) mass is 376 g/mol. The Balaban J connectivity index is 2.27. The molecule has 0 aliphatic rings. The second-order valence-electron chi connectivity index (χ2n) is 3.80. The highest BCUT2D eigenvalue weighted by Crippen LogP contribution is 2.26. The van der Waals surface area contributed by atoms with Crippen LogP contribution in [0.25, 0.3) is 0 Å². The molecule has 1 aromatic heterocycles. The van der Waals surface area contributed by atoms with E-state index in [1.807, 2.05) is 0 Å². The molecule has 0 radical (unpaired) electrons. The van der Waals surface area contributed by atoms with E-state index >= 15 is 0 Å². The lowest BCUT2D eigenvalue weighted by Crippen LogP contribution is -2.13. The van der Waals surface area contributed by atoms with Crippen LogP contribution in [0.1, 0.15) is 20.8 Å². The van der Waals surface area contributed by atoms with Crippen LogP contribution < -0.4 is 5.32 Å². The summed E-state index contributed by atoms with van der Waals surface area (Å²) in [5.41, 5.74) is 0.565. The largest absolute Gasteiger partial charge is 0.478 e. The van der Waals surface area contributed by atoms with E-state index in [0.717, 1.165) is 0 Å². The summed E-state index contributed by atoms with van der Waals surface area (Å²) in [5, 5.41) is 11.9. The molecule has 1 aromatic carbocycles. The zero-order valence-corrected chi connectivity index (χ0v) is 12.8. The highest BCUT2D eigenvalue weighted by Gasteiger charge is 2.14. The van der Waals surface area contributed by atoms with E-state index in [2.05, 4.69) is 26.2 Å². The number of aromatic nitrogens is 1. The van der Waals surface area contributed by atoms with Crippen molar-refractivity contribution in [3.8, 4) is 0 Å². The zero-order valence-electron chi connectivity index (χ0n) is 9.71. The number of anilines is 1. The Hall–Kier alpha value is -1.50. The third kappa shape index (κ3) is 3.15. The lowest BCUT2D eigenvalue weighted by atomic mass is 10.2. The Labute approximate surface area is 132 Å². The number of amides is 1. The van der Waals surface area contributed by atoms with Crippen molar-refractivity contribution in [2.45, 2.75) is 0 Å². The topological polar surface area (TPSA) is 82.2 Å². The van der Waals surface area contributed by atoms with Crippen molar-refractivity contribution in [2.75, 3.05) is 5.32 Å². The van der Waals surface area contributed by atoms with Gasteiger partial charge in [0.1, 0.15) is 10.8 Å². The van der Waals surface area contributed by atoms with E-state index < -0.39 is 11.9 Å². The Bertz CT molecular complexity index is 681.